The number of nitrogens with zero attached hydrogens (tertiary/aromatic N) is 3. The highest BCUT2D eigenvalue weighted by molar-refractivity contribution is 6.00. The van der Waals surface area contributed by atoms with Gasteiger partial charge in [0.1, 0.15) is 5.69 Å². The third kappa shape index (κ3) is 2.83. The van der Waals surface area contributed by atoms with Crippen LogP contribution in [0.4, 0.5) is 0 Å². The Kier molecular flexibility index (Phi) is 3.87. The highest BCUT2D eigenvalue weighted by Crippen LogP contribution is 2.25. The molecule has 1 aliphatic heterocycles. The molecule has 4 heteroatoms. The van der Waals surface area contributed by atoms with Crippen LogP contribution in [-0.2, 0) is 6.54 Å². The van der Waals surface area contributed by atoms with E-state index in [0.29, 0.717) is 12.1 Å². The van der Waals surface area contributed by atoms with Crippen LogP contribution in [0.15, 0.2) is 66.9 Å². The van der Waals surface area contributed by atoms with Gasteiger partial charge in [0.15, 0.2) is 0 Å². The van der Waals surface area contributed by atoms with Crippen molar-refractivity contribution in [3.8, 4) is 11.3 Å². The maximum absolute atomic E-state index is 12.8. The van der Waals surface area contributed by atoms with E-state index >= 15 is 0 Å². The van der Waals surface area contributed by atoms with Crippen LogP contribution in [-0.4, -0.2) is 33.7 Å². The molecule has 1 saturated heterocycles. The fraction of sp³-hybridized carbons (Fsp3) is 0.200. The van der Waals surface area contributed by atoms with Crippen molar-refractivity contribution in [1.82, 2.24) is 14.7 Å². The Hall–Kier alpha value is -2.88. The van der Waals surface area contributed by atoms with E-state index in [9.17, 15) is 4.79 Å². The summed E-state index contributed by atoms with van der Waals surface area (Å²) < 4.78 is 1.87. The summed E-state index contributed by atoms with van der Waals surface area (Å²) in [5, 5.41) is 4.71. The molecule has 4 rings (SSSR count). The van der Waals surface area contributed by atoms with E-state index < -0.39 is 0 Å². The molecule has 0 N–H and O–H groups in total. The molecule has 0 spiro atoms. The normalized spacial score (nSPS) is 13.6. The van der Waals surface area contributed by atoms with Gasteiger partial charge in [0.25, 0.3) is 5.91 Å². The van der Waals surface area contributed by atoms with Crippen LogP contribution in [0.1, 0.15) is 22.3 Å². The minimum atomic E-state index is 0.0828. The Morgan fingerprint density at radius 2 is 1.62 bits per heavy atom. The number of amides is 1. The van der Waals surface area contributed by atoms with E-state index in [1.54, 1.807) is 0 Å². The number of rotatable bonds is 4. The third-order valence-electron chi connectivity index (χ3n) is 4.37. The molecular formula is C20H19N3O. The molecule has 0 atom stereocenters. The molecular weight excluding hydrogens is 298 g/mol. The molecule has 1 aliphatic rings. The smallest absolute Gasteiger partial charge is 0.257 e. The molecule has 0 saturated carbocycles. The highest BCUT2D eigenvalue weighted by Gasteiger charge is 2.26. The van der Waals surface area contributed by atoms with Crippen molar-refractivity contribution in [2.45, 2.75) is 13.0 Å². The van der Waals surface area contributed by atoms with Crippen LogP contribution in [0, 0.1) is 0 Å². The van der Waals surface area contributed by atoms with Crippen molar-refractivity contribution < 1.29 is 4.79 Å². The van der Waals surface area contributed by atoms with Gasteiger partial charge in [-0.2, -0.15) is 5.10 Å². The maximum atomic E-state index is 12.8. The molecule has 2 aromatic carbocycles. The van der Waals surface area contributed by atoms with Gasteiger partial charge in [-0.05, 0) is 12.0 Å². The molecule has 0 unspecified atom stereocenters. The van der Waals surface area contributed by atoms with Crippen molar-refractivity contribution >= 4 is 5.91 Å². The predicted octanol–water partition coefficient (Wildman–Crippen LogP) is 3.44. The Balaban J connectivity index is 1.71. The molecule has 2 heterocycles. The predicted molar refractivity (Wildman–Crippen MR) is 93.7 cm³/mol. The number of hydrogen-bond donors (Lipinski definition) is 0. The molecule has 1 fully saturated rings. The minimum absolute atomic E-state index is 0.0828. The number of carbonyl (C=O) groups is 1. The fourth-order valence-electron chi connectivity index (χ4n) is 2.93. The Bertz CT molecular complexity index is 836. The van der Waals surface area contributed by atoms with Crippen LogP contribution in [0.3, 0.4) is 0 Å². The topological polar surface area (TPSA) is 38.1 Å². The van der Waals surface area contributed by atoms with Crippen molar-refractivity contribution in [2.24, 2.45) is 0 Å². The van der Waals surface area contributed by atoms with E-state index in [1.807, 2.05) is 64.3 Å². The summed E-state index contributed by atoms with van der Waals surface area (Å²) in [5.41, 5.74) is 3.61. The van der Waals surface area contributed by atoms with Gasteiger partial charge in [-0.3, -0.25) is 9.48 Å². The SMILES string of the molecule is O=C(c1cn(Cc2ccccc2)nc1-c1ccccc1)N1CCC1. The van der Waals surface area contributed by atoms with Gasteiger partial charge >= 0.3 is 0 Å². The van der Waals surface area contributed by atoms with E-state index in [-0.39, 0.29) is 5.91 Å². The van der Waals surface area contributed by atoms with Crippen molar-refractivity contribution in [3.63, 3.8) is 0 Å². The van der Waals surface area contributed by atoms with Crippen LogP contribution < -0.4 is 0 Å². The van der Waals surface area contributed by atoms with E-state index in [1.165, 1.54) is 5.56 Å². The molecule has 1 aromatic heterocycles. The van der Waals surface area contributed by atoms with E-state index in [0.717, 1.165) is 30.8 Å². The van der Waals surface area contributed by atoms with Crippen LogP contribution in [0.2, 0.25) is 0 Å². The van der Waals surface area contributed by atoms with Gasteiger partial charge in [0, 0.05) is 24.8 Å². The number of hydrogen-bond acceptors (Lipinski definition) is 2. The first-order chi connectivity index (χ1) is 11.8. The van der Waals surface area contributed by atoms with Crippen LogP contribution >= 0.6 is 0 Å². The molecule has 0 bridgehead atoms. The third-order valence-corrected chi connectivity index (χ3v) is 4.37. The average Bonchev–Trinajstić information content (AvgIpc) is 2.99. The zero-order chi connectivity index (χ0) is 16.4. The van der Waals surface area contributed by atoms with Crippen LogP contribution in [0.5, 0.6) is 0 Å². The standard InChI is InChI=1S/C20H19N3O/c24-20(22-12-7-13-22)18-15-23(14-16-8-3-1-4-9-16)21-19(18)17-10-5-2-6-11-17/h1-6,8-11,15H,7,12-14H2. The fourth-order valence-corrected chi connectivity index (χ4v) is 2.93. The average molecular weight is 317 g/mol. The van der Waals surface area contributed by atoms with Crippen molar-refractivity contribution in [3.05, 3.63) is 78.0 Å². The lowest BCUT2D eigenvalue weighted by Gasteiger charge is -2.30. The van der Waals surface area contributed by atoms with Gasteiger partial charge in [-0.25, -0.2) is 0 Å². The first-order valence-corrected chi connectivity index (χ1v) is 8.27. The largest absolute Gasteiger partial charge is 0.338 e. The zero-order valence-electron chi connectivity index (χ0n) is 13.4. The number of carbonyl (C=O) groups excluding carboxylic acids is 1. The van der Waals surface area contributed by atoms with Crippen molar-refractivity contribution in [2.75, 3.05) is 13.1 Å². The number of likely N-dealkylation sites (tertiary alicyclic amines) is 1. The monoisotopic (exact) mass is 317 g/mol. The lowest BCUT2D eigenvalue weighted by atomic mass is 10.1. The van der Waals surface area contributed by atoms with Gasteiger partial charge in [-0.1, -0.05) is 60.7 Å². The van der Waals surface area contributed by atoms with Gasteiger partial charge in [0.05, 0.1) is 12.1 Å². The summed E-state index contributed by atoms with van der Waals surface area (Å²) in [7, 11) is 0. The summed E-state index contributed by atoms with van der Waals surface area (Å²) in [6, 6.07) is 20.1. The van der Waals surface area contributed by atoms with E-state index in [4.69, 9.17) is 5.10 Å². The van der Waals surface area contributed by atoms with Gasteiger partial charge in [0.2, 0.25) is 0 Å². The lowest BCUT2D eigenvalue weighted by molar-refractivity contribution is 0.0652. The second-order valence-corrected chi connectivity index (χ2v) is 6.09. The first kappa shape index (κ1) is 14.7. The summed E-state index contributed by atoms with van der Waals surface area (Å²) in [5.74, 6) is 0.0828. The van der Waals surface area contributed by atoms with Gasteiger partial charge < -0.3 is 4.90 Å². The zero-order valence-corrected chi connectivity index (χ0v) is 13.4. The quantitative estimate of drug-likeness (QED) is 0.739. The number of aromatic nitrogens is 2. The Morgan fingerprint density at radius 1 is 0.958 bits per heavy atom. The number of benzene rings is 2. The Morgan fingerprint density at radius 3 is 2.25 bits per heavy atom. The van der Waals surface area contributed by atoms with Crippen molar-refractivity contribution in [1.29, 1.82) is 0 Å². The first-order valence-electron chi connectivity index (χ1n) is 8.27. The van der Waals surface area contributed by atoms with Gasteiger partial charge in [-0.15, -0.1) is 0 Å². The van der Waals surface area contributed by atoms with Crippen LogP contribution in [0.25, 0.3) is 11.3 Å². The highest BCUT2D eigenvalue weighted by atomic mass is 16.2. The molecule has 120 valence electrons. The molecule has 3 aromatic rings. The molecule has 0 radical (unpaired) electrons. The summed E-state index contributed by atoms with van der Waals surface area (Å²) in [6.45, 7) is 2.35. The summed E-state index contributed by atoms with van der Waals surface area (Å²) in [4.78, 5) is 14.6. The molecule has 24 heavy (non-hydrogen) atoms. The summed E-state index contributed by atoms with van der Waals surface area (Å²) in [6.07, 6.45) is 2.97. The maximum Gasteiger partial charge on any atom is 0.257 e. The molecule has 4 nitrogen and oxygen atoms in total. The summed E-state index contributed by atoms with van der Waals surface area (Å²) >= 11 is 0. The molecule has 0 aliphatic carbocycles. The molecule has 1 amide bonds. The lowest BCUT2D eigenvalue weighted by Crippen LogP contribution is -2.42. The van der Waals surface area contributed by atoms with E-state index in [2.05, 4.69) is 12.1 Å². The second-order valence-electron chi connectivity index (χ2n) is 6.09. The Labute approximate surface area is 141 Å². The minimum Gasteiger partial charge on any atom is -0.338 e. The second kappa shape index (κ2) is 6.32.